The van der Waals surface area contributed by atoms with Gasteiger partial charge in [0.25, 0.3) is 11.5 Å². The summed E-state index contributed by atoms with van der Waals surface area (Å²) in [4.78, 5) is 26.3. The Bertz CT molecular complexity index is 991. The van der Waals surface area contributed by atoms with Crippen LogP contribution in [0.25, 0.3) is 0 Å². The zero-order valence-corrected chi connectivity index (χ0v) is 15.1. The first-order chi connectivity index (χ1) is 12.9. The molecule has 8 heteroatoms. The van der Waals surface area contributed by atoms with Gasteiger partial charge < -0.3 is 9.47 Å². The third-order valence-electron chi connectivity index (χ3n) is 5.17. The number of aromatic nitrogens is 1. The minimum atomic E-state index is -1.08. The highest BCUT2D eigenvalue weighted by atomic mass is 32.1. The van der Waals surface area contributed by atoms with E-state index in [4.69, 9.17) is 12.2 Å². The van der Waals surface area contributed by atoms with Crippen LogP contribution in [-0.4, -0.2) is 33.6 Å². The van der Waals surface area contributed by atoms with E-state index < -0.39 is 17.5 Å². The van der Waals surface area contributed by atoms with Gasteiger partial charge in [-0.2, -0.15) is 0 Å². The van der Waals surface area contributed by atoms with E-state index in [-0.39, 0.29) is 28.1 Å². The minimum Gasteiger partial charge on any atom is -0.348 e. The first kappa shape index (κ1) is 17.8. The first-order valence-electron chi connectivity index (χ1n) is 8.67. The van der Waals surface area contributed by atoms with Crippen molar-refractivity contribution in [3.63, 3.8) is 0 Å². The van der Waals surface area contributed by atoms with Gasteiger partial charge in [-0.05, 0) is 48.8 Å². The standard InChI is InChI=1S/C19H17F2N3O2S/c20-14-5-4-12(7-15(14)21)18(26)22-19(27)23-8-11-6-13(10-23)16-2-1-3-17(25)24(16)9-11/h1-5,7,11,13H,6,8-10H2,(H,22,26,27)/t11?,13-/m0/s1. The van der Waals surface area contributed by atoms with E-state index in [0.717, 1.165) is 24.2 Å². The number of thiocarbonyl (C=S) groups is 1. The Labute approximate surface area is 159 Å². The minimum absolute atomic E-state index is 0.00451. The summed E-state index contributed by atoms with van der Waals surface area (Å²) in [6, 6.07) is 8.25. The van der Waals surface area contributed by atoms with E-state index >= 15 is 0 Å². The summed E-state index contributed by atoms with van der Waals surface area (Å²) >= 11 is 5.37. The molecule has 0 aliphatic carbocycles. The number of rotatable bonds is 1. The molecule has 1 aromatic heterocycles. The van der Waals surface area contributed by atoms with Crippen LogP contribution >= 0.6 is 12.2 Å². The Morgan fingerprint density at radius 3 is 2.70 bits per heavy atom. The fraction of sp³-hybridized carbons (Fsp3) is 0.316. The number of carbonyl (C=O) groups excluding carboxylic acids is 1. The smallest absolute Gasteiger partial charge is 0.257 e. The molecule has 0 radical (unpaired) electrons. The van der Waals surface area contributed by atoms with Crippen molar-refractivity contribution in [2.24, 2.45) is 5.92 Å². The highest BCUT2D eigenvalue weighted by molar-refractivity contribution is 7.80. The Morgan fingerprint density at radius 1 is 1.11 bits per heavy atom. The van der Waals surface area contributed by atoms with Gasteiger partial charge in [-0.25, -0.2) is 8.78 Å². The molecule has 1 N–H and O–H groups in total. The van der Waals surface area contributed by atoms with E-state index in [1.165, 1.54) is 6.07 Å². The largest absolute Gasteiger partial charge is 0.348 e. The molecule has 4 rings (SSSR count). The van der Waals surface area contributed by atoms with E-state index in [9.17, 15) is 18.4 Å². The fourth-order valence-electron chi connectivity index (χ4n) is 3.95. The first-order valence-corrected chi connectivity index (χ1v) is 9.08. The summed E-state index contributed by atoms with van der Waals surface area (Å²) in [6.45, 7) is 1.85. The normalized spacial score (nSPS) is 20.7. The number of fused-ring (bicyclic) bond motifs is 4. The molecule has 27 heavy (non-hydrogen) atoms. The third-order valence-corrected chi connectivity index (χ3v) is 5.53. The third kappa shape index (κ3) is 3.37. The van der Waals surface area contributed by atoms with Gasteiger partial charge in [-0.15, -0.1) is 0 Å². The number of benzene rings is 1. The van der Waals surface area contributed by atoms with Crippen molar-refractivity contribution in [2.45, 2.75) is 18.9 Å². The van der Waals surface area contributed by atoms with Crippen molar-refractivity contribution < 1.29 is 13.6 Å². The predicted molar refractivity (Wildman–Crippen MR) is 99.5 cm³/mol. The molecule has 140 valence electrons. The van der Waals surface area contributed by atoms with E-state index in [2.05, 4.69) is 5.32 Å². The molecule has 2 aliphatic heterocycles. The van der Waals surface area contributed by atoms with Crippen molar-refractivity contribution in [3.05, 3.63) is 69.6 Å². The van der Waals surface area contributed by atoms with Crippen LogP contribution in [0.5, 0.6) is 0 Å². The van der Waals surface area contributed by atoms with Gasteiger partial charge in [0.2, 0.25) is 0 Å². The van der Waals surface area contributed by atoms with Gasteiger partial charge in [0, 0.05) is 42.9 Å². The molecular formula is C19H17F2N3O2S. The molecule has 5 nitrogen and oxygen atoms in total. The molecule has 1 unspecified atom stereocenters. The highest BCUT2D eigenvalue weighted by Crippen LogP contribution is 2.34. The molecule has 2 bridgehead atoms. The van der Waals surface area contributed by atoms with Crippen LogP contribution < -0.4 is 10.9 Å². The average molecular weight is 389 g/mol. The number of halogens is 2. The van der Waals surface area contributed by atoms with Crippen LogP contribution in [0.2, 0.25) is 0 Å². The molecular weight excluding hydrogens is 372 g/mol. The van der Waals surface area contributed by atoms with Crippen molar-refractivity contribution in [1.82, 2.24) is 14.8 Å². The maximum atomic E-state index is 13.3. The van der Waals surface area contributed by atoms with Crippen molar-refractivity contribution in [2.75, 3.05) is 13.1 Å². The van der Waals surface area contributed by atoms with Gasteiger partial charge >= 0.3 is 0 Å². The second-order valence-corrected chi connectivity index (χ2v) is 7.38. The number of nitrogens with one attached hydrogen (secondary N) is 1. The predicted octanol–water partition coefficient (Wildman–Crippen LogP) is 2.26. The number of carbonyl (C=O) groups is 1. The van der Waals surface area contributed by atoms with Crippen LogP contribution in [0.4, 0.5) is 8.78 Å². The number of likely N-dealkylation sites (tertiary alicyclic amines) is 1. The lowest BCUT2D eigenvalue weighted by Crippen LogP contribution is -2.52. The molecule has 3 heterocycles. The molecule has 1 fully saturated rings. The number of nitrogens with zero attached hydrogens (tertiary/aromatic N) is 2. The number of hydrogen-bond acceptors (Lipinski definition) is 3. The maximum absolute atomic E-state index is 13.3. The van der Waals surface area contributed by atoms with E-state index in [1.54, 1.807) is 12.1 Å². The van der Waals surface area contributed by atoms with E-state index in [0.29, 0.717) is 19.6 Å². The Hall–Kier alpha value is -2.61. The molecule has 2 atom stereocenters. The Kier molecular flexibility index (Phi) is 4.51. The molecule has 2 aromatic rings. The van der Waals surface area contributed by atoms with Crippen LogP contribution in [-0.2, 0) is 6.54 Å². The monoisotopic (exact) mass is 389 g/mol. The maximum Gasteiger partial charge on any atom is 0.257 e. The number of hydrogen-bond donors (Lipinski definition) is 1. The van der Waals surface area contributed by atoms with Gasteiger partial charge in [0.15, 0.2) is 16.7 Å². The lowest BCUT2D eigenvalue weighted by molar-refractivity contribution is 0.0967. The van der Waals surface area contributed by atoms with Gasteiger partial charge in [0.1, 0.15) is 0 Å². The Balaban J connectivity index is 1.48. The number of pyridine rings is 1. The summed E-state index contributed by atoms with van der Waals surface area (Å²) in [6.07, 6.45) is 0.972. The fourth-order valence-corrected chi connectivity index (χ4v) is 4.19. The lowest BCUT2D eigenvalue weighted by Gasteiger charge is -2.43. The topological polar surface area (TPSA) is 54.3 Å². The van der Waals surface area contributed by atoms with Crippen LogP contribution in [0.3, 0.4) is 0 Å². The summed E-state index contributed by atoms with van der Waals surface area (Å²) in [5.41, 5.74) is 0.994. The zero-order chi connectivity index (χ0) is 19.1. The second kappa shape index (κ2) is 6.84. The molecule has 1 amide bonds. The quantitative estimate of drug-likeness (QED) is 0.761. The molecule has 0 saturated carbocycles. The summed E-state index contributed by atoms with van der Waals surface area (Å²) in [5.74, 6) is -2.25. The summed E-state index contributed by atoms with van der Waals surface area (Å²) < 4.78 is 28.2. The number of amides is 1. The van der Waals surface area contributed by atoms with Crippen molar-refractivity contribution >= 4 is 23.2 Å². The summed E-state index contributed by atoms with van der Waals surface area (Å²) in [7, 11) is 0. The van der Waals surface area contributed by atoms with Crippen LogP contribution in [0.1, 0.15) is 28.4 Å². The van der Waals surface area contributed by atoms with Gasteiger partial charge in [0.05, 0.1) is 0 Å². The lowest BCUT2D eigenvalue weighted by atomic mass is 9.83. The van der Waals surface area contributed by atoms with Crippen LogP contribution in [0.15, 0.2) is 41.2 Å². The second-order valence-electron chi connectivity index (χ2n) is 6.99. The molecule has 1 aromatic carbocycles. The average Bonchev–Trinajstić information content (AvgIpc) is 2.64. The molecule has 1 saturated heterocycles. The Morgan fingerprint density at radius 2 is 1.93 bits per heavy atom. The van der Waals surface area contributed by atoms with Crippen molar-refractivity contribution in [3.8, 4) is 0 Å². The molecule has 0 spiro atoms. The SMILES string of the molecule is O=C(NC(=S)N1CC2C[C@@H](C1)c1cccc(=O)n1C2)c1ccc(F)c(F)c1. The van der Waals surface area contributed by atoms with E-state index in [1.807, 2.05) is 15.5 Å². The van der Waals surface area contributed by atoms with Gasteiger partial charge in [-0.1, -0.05) is 6.07 Å². The number of piperidine rings is 1. The van der Waals surface area contributed by atoms with Crippen LogP contribution in [0, 0.1) is 17.6 Å². The highest BCUT2D eigenvalue weighted by Gasteiger charge is 2.35. The molecule has 2 aliphatic rings. The zero-order valence-electron chi connectivity index (χ0n) is 14.3. The summed E-state index contributed by atoms with van der Waals surface area (Å²) in [5, 5.41) is 2.85. The van der Waals surface area contributed by atoms with Crippen molar-refractivity contribution in [1.29, 1.82) is 0 Å². The van der Waals surface area contributed by atoms with Gasteiger partial charge in [-0.3, -0.25) is 14.9 Å².